The maximum Gasteiger partial charge on any atom is 0.137 e. The lowest BCUT2D eigenvalue weighted by atomic mass is 10.0. The zero-order valence-electron chi connectivity index (χ0n) is 14.9. The molecule has 1 N–H and O–H groups in total. The summed E-state index contributed by atoms with van der Waals surface area (Å²) in [5, 5.41) is 10.1. The number of aliphatic hydroxyl groups is 1. The van der Waals surface area contributed by atoms with Gasteiger partial charge in [0, 0.05) is 44.7 Å². The van der Waals surface area contributed by atoms with Crippen molar-refractivity contribution in [2.45, 2.75) is 45.4 Å². The van der Waals surface area contributed by atoms with Gasteiger partial charge in [0.2, 0.25) is 0 Å². The van der Waals surface area contributed by atoms with E-state index < -0.39 is 0 Å². The van der Waals surface area contributed by atoms with Crippen LogP contribution in [0.3, 0.4) is 0 Å². The van der Waals surface area contributed by atoms with Crippen molar-refractivity contribution in [2.24, 2.45) is 0 Å². The van der Waals surface area contributed by atoms with Gasteiger partial charge in [-0.15, -0.1) is 0 Å². The summed E-state index contributed by atoms with van der Waals surface area (Å²) in [6, 6.07) is 10.6. The third-order valence-corrected chi connectivity index (χ3v) is 5.17. The summed E-state index contributed by atoms with van der Waals surface area (Å²) >= 11 is 0. The van der Waals surface area contributed by atoms with Crippen molar-refractivity contribution in [3.05, 3.63) is 53.0 Å². The van der Waals surface area contributed by atoms with E-state index in [9.17, 15) is 5.11 Å². The summed E-state index contributed by atoms with van der Waals surface area (Å²) in [6.45, 7) is 6.49. The molecule has 2 aliphatic heterocycles. The highest BCUT2D eigenvalue weighted by Crippen LogP contribution is 2.29. The fourth-order valence-corrected chi connectivity index (χ4v) is 3.96. The molecule has 2 aromatic rings. The molecular formula is C20H26N4O. The SMILES string of the molecule is Cc1nc2c(c(N3CCC[C@H](O)C3)n1)CN(Cc1ccccc1)CC2. The van der Waals surface area contributed by atoms with E-state index in [-0.39, 0.29) is 6.10 Å². The zero-order chi connectivity index (χ0) is 17.2. The van der Waals surface area contributed by atoms with Crippen LogP contribution in [0.5, 0.6) is 0 Å². The van der Waals surface area contributed by atoms with Crippen LogP contribution < -0.4 is 4.90 Å². The minimum atomic E-state index is -0.247. The Bertz CT molecular complexity index is 734. The monoisotopic (exact) mass is 338 g/mol. The van der Waals surface area contributed by atoms with Gasteiger partial charge in [0.15, 0.2) is 0 Å². The molecule has 0 radical (unpaired) electrons. The Labute approximate surface area is 149 Å². The molecular weight excluding hydrogens is 312 g/mol. The van der Waals surface area contributed by atoms with Crippen molar-refractivity contribution in [2.75, 3.05) is 24.5 Å². The topological polar surface area (TPSA) is 52.5 Å². The molecule has 0 bridgehead atoms. The Morgan fingerprint density at radius 1 is 1.16 bits per heavy atom. The summed E-state index contributed by atoms with van der Waals surface area (Å²) in [5.74, 6) is 1.88. The fraction of sp³-hybridized carbons (Fsp3) is 0.500. The molecule has 132 valence electrons. The van der Waals surface area contributed by atoms with E-state index in [1.54, 1.807) is 0 Å². The summed E-state index contributed by atoms with van der Waals surface area (Å²) in [5.41, 5.74) is 3.78. The predicted octanol–water partition coefficient (Wildman–Crippen LogP) is 2.30. The van der Waals surface area contributed by atoms with Gasteiger partial charge in [0.05, 0.1) is 11.8 Å². The van der Waals surface area contributed by atoms with Gasteiger partial charge >= 0.3 is 0 Å². The highest BCUT2D eigenvalue weighted by atomic mass is 16.3. The van der Waals surface area contributed by atoms with E-state index in [0.29, 0.717) is 6.54 Å². The van der Waals surface area contributed by atoms with Crippen molar-refractivity contribution in [1.82, 2.24) is 14.9 Å². The predicted molar refractivity (Wildman–Crippen MR) is 98.5 cm³/mol. The highest BCUT2D eigenvalue weighted by molar-refractivity contribution is 5.50. The first-order chi connectivity index (χ1) is 12.2. The van der Waals surface area contributed by atoms with Crippen molar-refractivity contribution < 1.29 is 5.11 Å². The molecule has 0 aliphatic carbocycles. The number of β-amino-alcohol motifs (C(OH)–C–C–N with tert-alkyl or cyclic N) is 1. The number of benzene rings is 1. The van der Waals surface area contributed by atoms with Gasteiger partial charge < -0.3 is 10.0 Å². The largest absolute Gasteiger partial charge is 0.391 e. The summed E-state index contributed by atoms with van der Waals surface area (Å²) in [7, 11) is 0. The third-order valence-electron chi connectivity index (χ3n) is 5.17. The molecule has 0 saturated carbocycles. The number of aliphatic hydroxyl groups excluding tert-OH is 1. The van der Waals surface area contributed by atoms with Crippen molar-refractivity contribution in [3.8, 4) is 0 Å². The standard InChI is InChI=1S/C20H26N4O/c1-15-21-19-9-11-23(12-16-6-3-2-4-7-16)14-18(19)20(22-15)24-10-5-8-17(25)13-24/h2-4,6-7,17,25H,5,8-14H2,1H3/t17-/m0/s1. The van der Waals surface area contributed by atoms with E-state index in [0.717, 1.165) is 57.1 Å². The first-order valence-electron chi connectivity index (χ1n) is 9.25. The number of piperidine rings is 1. The summed E-state index contributed by atoms with van der Waals surface area (Å²) in [4.78, 5) is 14.2. The Kier molecular flexibility index (Phi) is 4.68. The molecule has 0 unspecified atom stereocenters. The molecule has 0 amide bonds. The van der Waals surface area contributed by atoms with Crippen LogP contribution in [-0.2, 0) is 19.5 Å². The van der Waals surface area contributed by atoms with E-state index in [4.69, 9.17) is 9.97 Å². The third kappa shape index (κ3) is 3.67. The van der Waals surface area contributed by atoms with Gasteiger partial charge in [-0.25, -0.2) is 9.97 Å². The van der Waals surface area contributed by atoms with Gasteiger partial charge in [-0.1, -0.05) is 30.3 Å². The first-order valence-corrected chi connectivity index (χ1v) is 9.25. The molecule has 1 saturated heterocycles. The summed E-state index contributed by atoms with van der Waals surface area (Å²) < 4.78 is 0. The Morgan fingerprint density at radius 3 is 2.80 bits per heavy atom. The molecule has 3 heterocycles. The van der Waals surface area contributed by atoms with Crippen molar-refractivity contribution in [1.29, 1.82) is 0 Å². The lowest BCUT2D eigenvalue weighted by molar-refractivity contribution is 0.153. The second-order valence-electron chi connectivity index (χ2n) is 7.21. The number of rotatable bonds is 3. The molecule has 5 nitrogen and oxygen atoms in total. The fourth-order valence-electron chi connectivity index (χ4n) is 3.96. The maximum absolute atomic E-state index is 10.1. The lowest BCUT2D eigenvalue weighted by Crippen LogP contribution is -2.41. The molecule has 2 aliphatic rings. The highest BCUT2D eigenvalue weighted by Gasteiger charge is 2.27. The molecule has 1 aromatic heterocycles. The second kappa shape index (κ2) is 7.10. The average molecular weight is 338 g/mol. The molecule has 0 spiro atoms. The van der Waals surface area contributed by atoms with Gasteiger partial charge in [0.1, 0.15) is 11.6 Å². The normalized spacial score (nSPS) is 21.2. The minimum absolute atomic E-state index is 0.247. The number of aromatic nitrogens is 2. The van der Waals surface area contributed by atoms with Crippen LogP contribution in [-0.4, -0.2) is 45.7 Å². The van der Waals surface area contributed by atoms with E-state index in [1.165, 1.54) is 16.8 Å². The second-order valence-corrected chi connectivity index (χ2v) is 7.21. The maximum atomic E-state index is 10.1. The molecule has 1 atom stereocenters. The Morgan fingerprint density at radius 2 is 2.00 bits per heavy atom. The van der Waals surface area contributed by atoms with Crippen LogP contribution in [0.15, 0.2) is 30.3 Å². The Hall–Kier alpha value is -1.98. The first kappa shape index (κ1) is 16.5. The van der Waals surface area contributed by atoms with Crippen LogP contribution in [0.25, 0.3) is 0 Å². The van der Waals surface area contributed by atoms with Crippen LogP contribution >= 0.6 is 0 Å². The average Bonchev–Trinajstić information content (AvgIpc) is 2.62. The molecule has 1 aromatic carbocycles. The Balaban J connectivity index is 1.59. The molecule has 1 fully saturated rings. The number of fused-ring (bicyclic) bond motifs is 1. The van der Waals surface area contributed by atoms with Crippen LogP contribution in [0, 0.1) is 6.92 Å². The smallest absolute Gasteiger partial charge is 0.137 e. The van der Waals surface area contributed by atoms with E-state index >= 15 is 0 Å². The minimum Gasteiger partial charge on any atom is -0.391 e. The molecule has 4 rings (SSSR count). The number of anilines is 1. The number of hydrogen-bond acceptors (Lipinski definition) is 5. The van der Waals surface area contributed by atoms with Crippen molar-refractivity contribution >= 4 is 5.82 Å². The number of hydrogen-bond donors (Lipinski definition) is 1. The number of aryl methyl sites for hydroxylation is 1. The van der Waals surface area contributed by atoms with Gasteiger partial charge in [0.25, 0.3) is 0 Å². The van der Waals surface area contributed by atoms with E-state index in [1.807, 2.05) is 6.92 Å². The van der Waals surface area contributed by atoms with Crippen molar-refractivity contribution in [3.63, 3.8) is 0 Å². The van der Waals surface area contributed by atoms with Crippen LogP contribution in [0.2, 0.25) is 0 Å². The van der Waals surface area contributed by atoms with Crippen LogP contribution in [0.4, 0.5) is 5.82 Å². The zero-order valence-corrected chi connectivity index (χ0v) is 14.9. The van der Waals surface area contributed by atoms with Crippen LogP contribution in [0.1, 0.15) is 35.5 Å². The lowest BCUT2D eigenvalue weighted by Gasteiger charge is -2.36. The number of nitrogens with zero attached hydrogens (tertiary/aromatic N) is 4. The molecule has 25 heavy (non-hydrogen) atoms. The van der Waals surface area contributed by atoms with E-state index in [2.05, 4.69) is 40.1 Å². The molecule has 5 heteroatoms. The van der Waals surface area contributed by atoms with Gasteiger partial charge in [-0.2, -0.15) is 0 Å². The summed E-state index contributed by atoms with van der Waals surface area (Å²) in [6.07, 6.45) is 2.63. The quantitative estimate of drug-likeness (QED) is 0.931. The van der Waals surface area contributed by atoms with Gasteiger partial charge in [-0.05, 0) is 25.3 Å². The van der Waals surface area contributed by atoms with Gasteiger partial charge in [-0.3, -0.25) is 4.90 Å².